The molecule has 228 valence electrons. The minimum absolute atomic E-state index is 0.0317. The van der Waals surface area contributed by atoms with E-state index in [-0.39, 0.29) is 39.3 Å². The number of anilines is 1. The van der Waals surface area contributed by atoms with Crippen molar-refractivity contribution in [2.75, 3.05) is 51.8 Å². The van der Waals surface area contributed by atoms with Crippen LogP contribution in [0, 0.1) is 11.6 Å². The second-order valence-electron chi connectivity index (χ2n) is 10.0. The summed E-state index contributed by atoms with van der Waals surface area (Å²) in [5, 5.41) is 6.08. The van der Waals surface area contributed by atoms with Gasteiger partial charge in [0.15, 0.2) is 17.5 Å². The molecule has 2 heterocycles. The molecule has 13 heteroatoms. The molecule has 0 aliphatic carbocycles. The zero-order valence-corrected chi connectivity index (χ0v) is 25.2. The van der Waals surface area contributed by atoms with Gasteiger partial charge < -0.3 is 30.6 Å². The van der Waals surface area contributed by atoms with Crippen molar-refractivity contribution < 1.29 is 23.1 Å². The van der Waals surface area contributed by atoms with Crippen LogP contribution in [-0.2, 0) is 11.8 Å². The van der Waals surface area contributed by atoms with Crippen LogP contribution in [0.1, 0.15) is 40.4 Å². The SMILES string of the molecule is COCCN=C(C)/C(=C(/C)N)c1ccc(-c2cnc(C(=O)Nc3ccc(C(=O)N4CCNCC4)c(Cl)c3)n2C)c(F)c1F. The van der Waals surface area contributed by atoms with Gasteiger partial charge in [-0.15, -0.1) is 0 Å². The summed E-state index contributed by atoms with van der Waals surface area (Å²) < 4.78 is 37.3. The lowest BCUT2D eigenvalue weighted by Crippen LogP contribution is -2.46. The number of methoxy groups -OCH3 is 1. The number of nitrogens with two attached hydrogens (primary N) is 1. The molecule has 4 rings (SSSR count). The molecular weight excluding hydrogens is 580 g/mol. The molecule has 2 aromatic carbocycles. The number of piperazine rings is 1. The number of hydrogen-bond acceptors (Lipinski definition) is 7. The Kier molecular flexibility index (Phi) is 10.3. The standard InChI is InChI=1S/C30H34ClF2N7O3/c1-17(34)25(18(2)36-11-14-43-4)22-8-7-21(26(32)27(22)33)24-16-37-28(39(24)3)29(41)38-19-5-6-20(23(31)15-19)30(42)40-12-9-35-10-13-40/h5-8,15-16,35H,9-14,34H2,1-4H3,(H,38,41)/b25-17+,36-18?. The summed E-state index contributed by atoms with van der Waals surface area (Å²) in [6, 6.07) is 7.44. The van der Waals surface area contributed by atoms with Gasteiger partial charge in [0.2, 0.25) is 0 Å². The summed E-state index contributed by atoms with van der Waals surface area (Å²) in [4.78, 5) is 36.1. The molecule has 0 unspecified atom stereocenters. The maximum absolute atomic E-state index is 15.5. The van der Waals surface area contributed by atoms with Crippen LogP contribution in [0.2, 0.25) is 5.02 Å². The highest BCUT2D eigenvalue weighted by Gasteiger charge is 2.24. The van der Waals surface area contributed by atoms with Crippen LogP contribution in [0.4, 0.5) is 14.5 Å². The summed E-state index contributed by atoms with van der Waals surface area (Å²) in [5.74, 6) is -3.05. The Morgan fingerprint density at radius 3 is 2.49 bits per heavy atom. The largest absolute Gasteiger partial charge is 0.402 e. The molecule has 10 nitrogen and oxygen atoms in total. The maximum atomic E-state index is 15.5. The molecule has 1 aliphatic heterocycles. The quantitative estimate of drug-likeness (QED) is 0.246. The van der Waals surface area contributed by atoms with Crippen LogP contribution < -0.4 is 16.4 Å². The third kappa shape index (κ3) is 6.93. The predicted molar refractivity (Wildman–Crippen MR) is 163 cm³/mol. The molecule has 1 aliphatic rings. The molecular formula is C30H34ClF2N7O3. The highest BCUT2D eigenvalue weighted by atomic mass is 35.5. The number of allylic oxidation sites excluding steroid dienone is 2. The van der Waals surface area contributed by atoms with E-state index < -0.39 is 17.5 Å². The van der Waals surface area contributed by atoms with E-state index in [9.17, 15) is 9.59 Å². The third-order valence-electron chi connectivity index (χ3n) is 7.08. The van der Waals surface area contributed by atoms with Crippen LogP contribution >= 0.6 is 11.6 Å². The Morgan fingerprint density at radius 2 is 1.84 bits per heavy atom. The van der Waals surface area contributed by atoms with Crippen molar-refractivity contribution in [3.8, 4) is 11.3 Å². The normalized spacial score (nSPS) is 14.5. The highest BCUT2D eigenvalue weighted by Crippen LogP contribution is 2.31. The van der Waals surface area contributed by atoms with Crippen molar-refractivity contribution >= 4 is 40.4 Å². The second kappa shape index (κ2) is 13.9. The van der Waals surface area contributed by atoms with Gasteiger partial charge in [-0.2, -0.15) is 0 Å². The number of hydrogen-bond donors (Lipinski definition) is 3. The molecule has 3 aromatic rings. The number of aliphatic imine (C=N–C) groups is 1. The van der Waals surface area contributed by atoms with Crippen LogP contribution in [0.5, 0.6) is 0 Å². The first-order valence-electron chi connectivity index (χ1n) is 13.6. The minimum Gasteiger partial charge on any atom is -0.402 e. The van der Waals surface area contributed by atoms with Gasteiger partial charge in [-0.3, -0.25) is 14.6 Å². The molecule has 0 spiro atoms. The topological polar surface area (TPSA) is 127 Å². The zero-order chi connectivity index (χ0) is 31.3. The first-order chi connectivity index (χ1) is 20.5. The second-order valence-corrected chi connectivity index (χ2v) is 10.4. The average Bonchev–Trinajstić information content (AvgIpc) is 3.36. The number of carbonyl (C=O) groups excluding carboxylic acids is 2. The maximum Gasteiger partial charge on any atom is 0.291 e. The Balaban J connectivity index is 1.55. The number of imidazole rings is 1. The number of nitrogens with one attached hydrogen (secondary N) is 2. The molecule has 1 fully saturated rings. The molecule has 1 saturated heterocycles. The summed E-state index contributed by atoms with van der Waals surface area (Å²) in [6.45, 7) is 6.54. The summed E-state index contributed by atoms with van der Waals surface area (Å²) in [6.07, 6.45) is 1.29. The molecule has 0 atom stereocenters. The van der Waals surface area contributed by atoms with E-state index in [4.69, 9.17) is 22.1 Å². The van der Waals surface area contributed by atoms with Crippen LogP contribution in [0.15, 0.2) is 47.2 Å². The van der Waals surface area contributed by atoms with Crippen molar-refractivity contribution in [2.24, 2.45) is 17.8 Å². The number of carbonyl (C=O) groups is 2. The number of nitrogens with zero attached hydrogens (tertiary/aromatic N) is 4. The van der Waals surface area contributed by atoms with E-state index in [1.807, 2.05) is 0 Å². The summed E-state index contributed by atoms with van der Waals surface area (Å²) in [5.41, 5.74) is 7.79. The minimum atomic E-state index is -1.12. The molecule has 0 radical (unpaired) electrons. The van der Waals surface area contributed by atoms with Crippen LogP contribution in [0.3, 0.4) is 0 Å². The number of aromatic nitrogens is 2. The van der Waals surface area contributed by atoms with E-state index >= 15 is 8.78 Å². The summed E-state index contributed by atoms with van der Waals surface area (Å²) >= 11 is 6.39. The first kappa shape index (κ1) is 31.8. The lowest BCUT2D eigenvalue weighted by molar-refractivity contribution is 0.0736. The molecule has 4 N–H and O–H groups in total. The average molecular weight is 614 g/mol. The first-order valence-corrected chi connectivity index (χ1v) is 14.0. The number of ether oxygens (including phenoxy) is 1. The Hall–Kier alpha value is -4.13. The van der Waals surface area contributed by atoms with Gasteiger partial charge in [-0.05, 0) is 38.1 Å². The molecule has 2 amide bonds. The molecule has 0 saturated carbocycles. The van der Waals surface area contributed by atoms with E-state index in [1.54, 1.807) is 38.0 Å². The highest BCUT2D eigenvalue weighted by molar-refractivity contribution is 6.34. The molecule has 1 aromatic heterocycles. The van der Waals surface area contributed by atoms with E-state index in [0.717, 1.165) is 0 Å². The van der Waals surface area contributed by atoms with Gasteiger partial charge >= 0.3 is 0 Å². The Morgan fingerprint density at radius 1 is 1.14 bits per heavy atom. The predicted octanol–water partition coefficient (Wildman–Crippen LogP) is 4.11. The third-order valence-corrected chi connectivity index (χ3v) is 7.39. The lowest BCUT2D eigenvalue weighted by atomic mass is 9.97. The number of benzene rings is 2. The van der Waals surface area contributed by atoms with Gasteiger partial charge in [0, 0.05) is 74.1 Å². The lowest BCUT2D eigenvalue weighted by Gasteiger charge is -2.27. The van der Waals surface area contributed by atoms with E-state index in [2.05, 4.69) is 20.6 Å². The Bertz CT molecular complexity index is 1590. The van der Waals surface area contributed by atoms with Crippen LogP contribution in [0.25, 0.3) is 16.8 Å². The van der Waals surface area contributed by atoms with Crippen molar-refractivity contribution in [1.82, 2.24) is 19.8 Å². The number of amides is 2. The van der Waals surface area contributed by atoms with E-state index in [0.29, 0.717) is 61.9 Å². The van der Waals surface area contributed by atoms with Gasteiger partial charge in [0.1, 0.15) is 0 Å². The fraction of sp³-hybridized carbons (Fsp3) is 0.333. The van der Waals surface area contributed by atoms with Crippen molar-refractivity contribution in [1.29, 1.82) is 0 Å². The van der Waals surface area contributed by atoms with Gasteiger partial charge in [-0.1, -0.05) is 17.7 Å². The fourth-order valence-corrected chi connectivity index (χ4v) is 5.14. The monoisotopic (exact) mass is 613 g/mol. The Labute approximate surface area is 253 Å². The number of rotatable bonds is 9. The summed E-state index contributed by atoms with van der Waals surface area (Å²) in [7, 11) is 3.06. The molecule has 43 heavy (non-hydrogen) atoms. The zero-order valence-electron chi connectivity index (χ0n) is 24.4. The fourth-order valence-electron chi connectivity index (χ4n) is 4.88. The van der Waals surface area contributed by atoms with Gasteiger partial charge in [-0.25, -0.2) is 13.8 Å². The number of halogens is 3. The van der Waals surface area contributed by atoms with Crippen molar-refractivity contribution in [3.05, 3.63) is 75.8 Å². The van der Waals surface area contributed by atoms with Crippen molar-refractivity contribution in [2.45, 2.75) is 13.8 Å². The van der Waals surface area contributed by atoms with Crippen LogP contribution in [-0.4, -0.2) is 78.4 Å². The van der Waals surface area contributed by atoms with Gasteiger partial charge in [0.05, 0.1) is 35.6 Å². The van der Waals surface area contributed by atoms with Crippen molar-refractivity contribution in [3.63, 3.8) is 0 Å². The van der Waals surface area contributed by atoms with Gasteiger partial charge in [0.25, 0.3) is 11.8 Å². The van der Waals surface area contributed by atoms with E-state index in [1.165, 1.54) is 36.0 Å². The molecule has 0 bridgehead atoms. The smallest absolute Gasteiger partial charge is 0.291 e.